The summed E-state index contributed by atoms with van der Waals surface area (Å²) >= 11 is 0. The van der Waals surface area contributed by atoms with Crippen LogP contribution in [0.3, 0.4) is 0 Å². The van der Waals surface area contributed by atoms with Crippen molar-refractivity contribution in [2.45, 2.75) is 56.9 Å². The van der Waals surface area contributed by atoms with E-state index in [1.165, 1.54) is 58.0 Å². The van der Waals surface area contributed by atoms with Gasteiger partial charge in [-0.2, -0.15) is 0 Å². The molecule has 5 aliphatic rings. The van der Waals surface area contributed by atoms with Crippen molar-refractivity contribution >= 4 is 0 Å². The number of hydrogen-bond donors (Lipinski definition) is 0. The van der Waals surface area contributed by atoms with E-state index in [-0.39, 0.29) is 0 Å². The molecule has 0 unspecified atom stereocenters. The number of piperidine rings is 1. The lowest BCUT2D eigenvalue weighted by Crippen LogP contribution is -2.64. The zero-order chi connectivity index (χ0) is 14.6. The largest absolute Gasteiger partial charge is 0.293 e. The SMILES string of the molecule is c1ccc(C2(N3CCCCC3)C3CC4CC(C3)CC2C4)cc1. The lowest BCUT2D eigenvalue weighted by molar-refractivity contribution is -0.147. The maximum absolute atomic E-state index is 2.96. The molecule has 22 heavy (non-hydrogen) atoms. The fourth-order valence-electron chi connectivity index (χ4n) is 7.04. The van der Waals surface area contributed by atoms with Gasteiger partial charge in [-0.3, -0.25) is 4.90 Å². The maximum atomic E-state index is 2.96. The fraction of sp³-hybridized carbons (Fsp3) is 0.714. The highest BCUT2D eigenvalue weighted by atomic mass is 15.2. The minimum absolute atomic E-state index is 0.398. The van der Waals surface area contributed by atoms with Gasteiger partial charge in [0.05, 0.1) is 5.54 Å². The summed E-state index contributed by atoms with van der Waals surface area (Å²) in [5, 5.41) is 0. The van der Waals surface area contributed by atoms with Crippen molar-refractivity contribution in [1.82, 2.24) is 4.90 Å². The summed E-state index contributed by atoms with van der Waals surface area (Å²) in [7, 11) is 0. The van der Waals surface area contributed by atoms with Crippen molar-refractivity contribution in [2.75, 3.05) is 13.1 Å². The smallest absolute Gasteiger partial charge is 0.0517 e. The molecule has 4 aliphatic carbocycles. The highest BCUT2D eigenvalue weighted by molar-refractivity contribution is 5.30. The van der Waals surface area contributed by atoms with Crippen molar-refractivity contribution in [3.05, 3.63) is 35.9 Å². The van der Waals surface area contributed by atoms with Crippen LogP contribution in [0.15, 0.2) is 30.3 Å². The average molecular weight is 295 g/mol. The summed E-state index contributed by atoms with van der Waals surface area (Å²) in [5.74, 6) is 3.99. The number of hydrogen-bond acceptors (Lipinski definition) is 1. The van der Waals surface area contributed by atoms with Gasteiger partial charge in [0.25, 0.3) is 0 Å². The van der Waals surface area contributed by atoms with Gasteiger partial charge >= 0.3 is 0 Å². The number of rotatable bonds is 2. The number of likely N-dealkylation sites (tertiary alicyclic amines) is 1. The van der Waals surface area contributed by atoms with Crippen LogP contribution >= 0.6 is 0 Å². The Kier molecular flexibility index (Phi) is 3.15. The van der Waals surface area contributed by atoms with E-state index in [2.05, 4.69) is 35.2 Å². The molecule has 1 heteroatoms. The third kappa shape index (κ3) is 1.81. The quantitative estimate of drug-likeness (QED) is 0.756. The highest BCUT2D eigenvalue weighted by Gasteiger charge is 2.60. The lowest BCUT2D eigenvalue weighted by atomic mass is 9.46. The zero-order valence-corrected chi connectivity index (χ0v) is 13.7. The van der Waals surface area contributed by atoms with Crippen molar-refractivity contribution in [3.63, 3.8) is 0 Å². The molecule has 1 aromatic rings. The number of nitrogens with zero attached hydrogens (tertiary/aromatic N) is 1. The van der Waals surface area contributed by atoms with Crippen LogP contribution in [0.5, 0.6) is 0 Å². The van der Waals surface area contributed by atoms with Gasteiger partial charge in [0.15, 0.2) is 0 Å². The van der Waals surface area contributed by atoms with Gasteiger partial charge in [-0.05, 0) is 87.3 Å². The average Bonchev–Trinajstić information content (AvgIpc) is 2.56. The molecule has 0 amide bonds. The summed E-state index contributed by atoms with van der Waals surface area (Å²) in [6.45, 7) is 2.69. The van der Waals surface area contributed by atoms with Crippen LogP contribution in [0.1, 0.15) is 56.9 Å². The van der Waals surface area contributed by atoms with Crippen LogP contribution in [0.2, 0.25) is 0 Å². The fourth-order valence-corrected chi connectivity index (χ4v) is 7.04. The molecule has 0 spiro atoms. The van der Waals surface area contributed by atoms with Crippen LogP contribution in [-0.2, 0) is 5.54 Å². The molecule has 1 heterocycles. The van der Waals surface area contributed by atoms with Gasteiger partial charge in [-0.25, -0.2) is 0 Å². The molecule has 0 radical (unpaired) electrons. The molecule has 118 valence electrons. The molecule has 0 aromatic heterocycles. The minimum Gasteiger partial charge on any atom is -0.293 e. The Hall–Kier alpha value is -0.820. The molecule has 4 bridgehead atoms. The summed E-state index contributed by atoms with van der Waals surface area (Å²) in [5.41, 5.74) is 2.06. The van der Waals surface area contributed by atoms with E-state index in [0.717, 1.165) is 23.7 Å². The van der Waals surface area contributed by atoms with Crippen LogP contribution < -0.4 is 0 Å². The zero-order valence-electron chi connectivity index (χ0n) is 13.7. The van der Waals surface area contributed by atoms with E-state index in [0.29, 0.717) is 5.54 Å². The Balaban J connectivity index is 1.63. The predicted octanol–water partition coefficient (Wildman–Crippen LogP) is 4.82. The molecule has 1 saturated heterocycles. The van der Waals surface area contributed by atoms with Gasteiger partial charge in [0.1, 0.15) is 0 Å². The van der Waals surface area contributed by atoms with Gasteiger partial charge in [-0.15, -0.1) is 0 Å². The molecular weight excluding hydrogens is 266 g/mol. The third-order valence-electron chi connectivity index (χ3n) is 7.50. The first-order chi connectivity index (χ1) is 10.9. The van der Waals surface area contributed by atoms with Crippen LogP contribution in [0.4, 0.5) is 0 Å². The molecule has 4 saturated carbocycles. The molecule has 0 N–H and O–H groups in total. The predicted molar refractivity (Wildman–Crippen MR) is 90.6 cm³/mol. The van der Waals surface area contributed by atoms with E-state index in [1.807, 2.05) is 0 Å². The Bertz CT molecular complexity index is 495. The van der Waals surface area contributed by atoms with Crippen LogP contribution in [-0.4, -0.2) is 18.0 Å². The van der Waals surface area contributed by atoms with E-state index >= 15 is 0 Å². The first-order valence-corrected chi connectivity index (χ1v) is 9.68. The first-order valence-electron chi connectivity index (χ1n) is 9.68. The highest BCUT2D eigenvalue weighted by Crippen LogP contribution is 2.64. The molecule has 1 aliphatic heterocycles. The van der Waals surface area contributed by atoms with Gasteiger partial charge < -0.3 is 0 Å². The summed E-state index contributed by atoms with van der Waals surface area (Å²) in [6.07, 6.45) is 11.9. The van der Waals surface area contributed by atoms with Crippen LogP contribution in [0, 0.1) is 23.7 Å². The molecule has 1 nitrogen and oxygen atoms in total. The van der Waals surface area contributed by atoms with Gasteiger partial charge in [0.2, 0.25) is 0 Å². The van der Waals surface area contributed by atoms with Crippen molar-refractivity contribution in [3.8, 4) is 0 Å². The molecule has 1 aromatic carbocycles. The molecule has 5 fully saturated rings. The Labute approximate surface area is 135 Å². The molecule has 6 rings (SSSR count). The second-order valence-electron chi connectivity index (χ2n) is 8.54. The van der Waals surface area contributed by atoms with E-state index in [4.69, 9.17) is 0 Å². The molecular formula is C21H29N. The Morgan fingerprint density at radius 1 is 0.727 bits per heavy atom. The van der Waals surface area contributed by atoms with E-state index < -0.39 is 0 Å². The van der Waals surface area contributed by atoms with Crippen LogP contribution in [0.25, 0.3) is 0 Å². The van der Waals surface area contributed by atoms with Gasteiger partial charge in [-0.1, -0.05) is 36.8 Å². The lowest BCUT2D eigenvalue weighted by Gasteiger charge is -2.65. The minimum atomic E-state index is 0.398. The summed E-state index contributed by atoms with van der Waals surface area (Å²) in [4.78, 5) is 2.96. The van der Waals surface area contributed by atoms with E-state index in [1.54, 1.807) is 12.0 Å². The van der Waals surface area contributed by atoms with E-state index in [9.17, 15) is 0 Å². The standard InChI is InChI=1S/C21H29N/c1-3-7-18(8-4-1)21(22-9-5-2-6-10-22)19-12-16-11-17(14-19)15-20(21)13-16/h1,3-4,7-8,16-17,19-20H,2,5-6,9-15H2. The van der Waals surface area contributed by atoms with Gasteiger partial charge in [0, 0.05) is 0 Å². The maximum Gasteiger partial charge on any atom is 0.0517 e. The summed E-state index contributed by atoms with van der Waals surface area (Å²) in [6, 6.07) is 11.7. The second kappa shape index (κ2) is 5.09. The van der Waals surface area contributed by atoms with Crippen molar-refractivity contribution < 1.29 is 0 Å². The number of benzene rings is 1. The third-order valence-corrected chi connectivity index (χ3v) is 7.50. The molecule has 0 atom stereocenters. The monoisotopic (exact) mass is 295 g/mol. The topological polar surface area (TPSA) is 3.24 Å². The van der Waals surface area contributed by atoms with Crippen molar-refractivity contribution in [1.29, 1.82) is 0 Å². The van der Waals surface area contributed by atoms with Crippen molar-refractivity contribution in [2.24, 2.45) is 23.7 Å². The first kappa shape index (κ1) is 13.6. The second-order valence-corrected chi connectivity index (χ2v) is 8.54. The Morgan fingerprint density at radius 2 is 1.32 bits per heavy atom. The normalized spacial score (nSPS) is 44.4. The summed E-state index contributed by atoms with van der Waals surface area (Å²) < 4.78 is 0. The Morgan fingerprint density at radius 3 is 1.91 bits per heavy atom.